The zero-order valence-electron chi connectivity index (χ0n) is 12.5. The zero-order chi connectivity index (χ0) is 17.1. The molecule has 3 rings (SSSR count). The number of carbonyl (C=O) groups excluding carboxylic acids is 1. The van der Waals surface area contributed by atoms with Gasteiger partial charge in [0.1, 0.15) is 4.92 Å². The Morgan fingerprint density at radius 2 is 2.08 bits per heavy atom. The first-order chi connectivity index (χ1) is 11.5. The predicted octanol–water partition coefficient (Wildman–Crippen LogP) is 2.90. The second-order valence-electron chi connectivity index (χ2n) is 4.80. The minimum atomic E-state index is -0.862. The molecule has 0 radical (unpaired) electrons. The Labute approximate surface area is 135 Å². The van der Waals surface area contributed by atoms with Crippen LogP contribution >= 0.6 is 0 Å². The lowest BCUT2D eigenvalue weighted by molar-refractivity contribution is -0.402. The number of rotatable bonds is 5. The van der Waals surface area contributed by atoms with Crippen molar-refractivity contribution >= 4 is 11.9 Å². The fourth-order valence-electron chi connectivity index (χ4n) is 1.98. The Bertz CT molecular complexity index is 898. The minimum Gasteiger partial charge on any atom is -0.450 e. The van der Waals surface area contributed by atoms with Crippen molar-refractivity contribution in [3.63, 3.8) is 0 Å². The normalized spacial score (nSPS) is 10.5. The standard InChI is InChI=1S/C15H11N3O6/c1-9-4-2-3-5-10(9)14-16-12(24-17-14)8-22-15(19)11-6-7-13(23-11)18(20)21/h2-7H,8H2,1H3. The molecule has 0 spiro atoms. The third-order valence-corrected chi connectivity index (χ3v) is 3.15. The molecule has 0 saturated heterocycles. The molecule has 9 heteroatoms. The molecule has 0 aliphatic rings. The Kier molecular flexibility index (Phi) is 4.06. The molecular weight excluding hydrogens is 318 g/mol. The SMILES string of the molecule is Cc1ccccc1-c1noc(COC(=O)c2ccc([N+](=O)[O-])o2)n1. The van der Waals surface area contributed by atoms with E-state index in [-0.39, 0.29) is 18.3 Å². The largest absolute Gasteiger partial charge is 0.450 e. The molecule has 1 aromatic carbocycles. The van der Waals surface area contributed by atoms with Crippen LogP contribution < -0.4 is 0 Å². The number of carbonyl (C=O) groups is 1. The van der Waals surface area contributed by atoms with Crippen LogP contribution in [-0.2, 0) is 11.3 Å². The van der Waals surface area contributed by atoms with Gasteiger partial charge in [-0.25, -0.2) is 4.79 Å². The molecule has 0 saturated carbocycles. The van der Waals surface area contributed by atoms with E-state index in [4.69, 9.17) is 13.7 Å². The van der Waals surface area contributed by atoms with Gasteiger partial charge in [0, 0.05) is 5.56 Å². The third kappa shape index (κ3) is 3.14. The van der Waals surface area contributed by atoms with Crippen LogP contribution in [-0.4, -0.2) is 21.0 Å². The number of ether oxygens (including phenoxy) is 1. The van der Waals surface area contributed by atoms with Crippen molar-refractivity contribution in [3.8, 4) is 11.4 Å². The van der Waals surface area contributed by atoms with Crippen molar-refractivity contribution in [2.24, 2.45) is 0 Å². The zero-order valence-corrected chi connectivity index (χ0v) is 12.5. The second-order valence-corrected chi connectivity index (χ2v) is 4.80. The van der Waals surface area contributed by atoms with Gasteiger partial charge in [0.2, 0.25) is 11.6 Å². The fourth-order valence-corrected chi connectivity index (χ4v) is 1.98. The van der Waals surface area contributed by atoms with Gasteiger partial charge in [0.05, 0.1) is 6.07 Å². The van der Waals surface area contributed by atoms with Crippen LogP contribution in [0.25, 0.3) is 11.4 Å². The van der Waals surface area contributed by atoms with Crippen LogP contribution in [0.15, 0.2) is 45.3 Å². The Morgan fingerprint density at radius 3 is 2.79 bits per heavy atom. The van der Waals surface area contributed by atoms with Gasteiger partial charge >= 0.3 is 11.9 Å². The third-order valence-electron chi connectivity index (χ3n) is 3.15. The maximum Gasteiger partial charge on any atom is 0.433 e. The molecule has 122 valence electrons. The van der Waals surface area contributed by atoms with Gasteiger partial charge in [0.25, 0.3) is 5.89 Å². The van der Waals surface area contributed by atoms with E-state index in [1.807, 2.05) is 31.2 Å². The highest BCUT2D eigenvalue weighted by Crippen LogP contribution is 2.20. The highest BCUT2D eigenvalue weighted by Gasteiger charge is 2.19. The summed E-state index contributed by atoms with van der Waals surface area (Å²) in [7, 11) is 0. The Balaban J connectivity index is 1.66. The average molecular weight is 329 g/mol. The number of furan rings is 1. The molecule has 0 unspecified atom stereocenters. The minimum absolute atomic E-state index is 0.0997. The van der Waals surface area contributed by atoms with E-state index in [0.717, 1.165) is 23.3 Å². The summed E-state index contributed by atoms with van der Waals surface area (Å²) in [6, 6.07) is 9.73. The van der Waals surface area contributed by atoms with E-state index in [1.54, 1.807) is 0 Å². The van der Waals surface area contributed by atoms with Gasteiger partial charge in [-0.1, -0.05) is 29.4 Å². The number of esters is 1. The molecule has 0 bridgehead atoms. The number of nitrogens with zero attached hydrogens (tertiary/aromatic N) is 3. The van der Waals surface area contributed by atoms with Crippen molar-refractivity contribution < 1.29 is 23.4 Å². The lowest BCUT2D eigenvalue weighted by atomic mass is 10.1. The van der Waals surface area contributed by atoms with Crippen LogP contribution in [0, 0.1) is 17.0 Å². The second kappa shape index (κ2) is 6.32. The van der Waals surface area contributed by atoms with Crippen molar-refractivity contribution in [1.29, 1.82) is 0 Å². The molecule has 3 aromatic rings. The van der Waals surface area contributed by atoms with Gasteiger partial charge in [0.15, 0.2) is 6.61 Å². The number of benzene rings is 1. The van der Waals surface area contributed by atoms with E-state index < -0.39 is 16.8 Å². The molecule has 0 N–H and O–H groups in total. The van der Waals surface area contributed by atoms with Crippen LogP contribution in [0.4, 0.5) is 5.88 Å². The van der Waals surface area contributed by atoms with Crippen LogP contribution in [0.1, 0.15) is 22.0 Å². The summed E-state index contributed by atoms with van der Waals surface area (Å²) < 4.78 is 14.7. The molecule has 0 aliphatic carbocycles. The highest BCUT2D eigenvalue weighted by molar-refractivity contribution is 5.86. The number of hydrogen-bond acceptors (Lipinski definition) is 8. The number of nitro groups is 1. The van der Waals surface area contributed by atoms with Crippen LogP contribution in [0.2, 0.25) is 0 Å². The summed E-state index contributed by atoms with van der Waals surface area (Å²) in [5, 5.41) is 14.3. The van der Waals surface area contributed by atoms with Crippen molar-refractivity contribution in [1.82, 2.24) is 10.1 Å². The van der Waals surface area contributed by atoms with Crippen molar-refractivity contribution in [2.75, 3.05) is 0 Å². The molecule has 2 aromatic heterocycles. The average Bonchev–Trinajstić information content (AvgIpc) is 3.22. The van der Waals surface area contributed by atoms with Crippen molar-refractivity contribution in [2.45, 2.75) is 13.5 Å². The van der Waals surface area contributed by atoms with E-state index in [2.05, 4.69) is 10.1 Å². The summed E-state index contributed by atoms with van der Waals surface area (Å²) >= 11 is 0. The summed E-state index contributed by atoms with van der Waals surface area (Å²) in [4.78, 5) is 25.7. The van der Waals surface area contributed by atoms with Crippen LogP contribution in [0.3, 0.4) is 0 Å². The number of hydrogen-bond donors (Lipinski definition) is 0. The van der Waals surface area contributed by atoms with Gasteiger partial charge in [-0.2, -0.15) is 4.98 Å². The molecule has 0 aliphatic heterocycles. The van der Waals surface area contributed by atoms with E-state index in [1.165, 1.54) is 0 Å². The van der Waals surface area contributed by atoms with Gasteiger partial charge in [-0.15, -0.1) is 0 Å². The summed E-state index contributed by atoms with van der Waals surface area (Å²) in [6.07, 6.45) is 0. The monoisotopic (exact) mass is 329 g/mol. The quantitative estimate of drug-likeness (QED) is 0.398. The molecule has 9 nitrogen and oxygen atoms in total. The van der Waals surface area contributed by atoms with Crippen LogP contribution in [0.5, 0.6) is 0 Å². The maximum atomic E-state index is 11.8. The Hall–Kier alpha value is -3.49. The first-order valence-corrected chi connectivity index (χ1v) is 6.84. The smallest absolute Gasteiger partial charge is 0.433 e. The van der Waals surface area contributed by atoms with Crippen molar-refractivity contribution in [3.05, 3.63) is 63.7 Å². The van der Waals surface area contributed by atoms with Gasteiger partial charge in [-0.05, 0) is 18.6 Å². The molecule has 24 heavy (non-hydrogen) atoms. The summed E-state index contributed by atoms with van der Waals surface area (Å²) in [5.41, 5.74) is 1.78. The van der Waals surface area contributed by atoms with E-state index in [9.17, 15) is 14.9 Å². The molecule has 0 atom stereocenters. The first kappa shape index (κ1) is 15.4. The number of aryl methyl sites for hydroxylation is 1. The summed E-state index contributed by atoms with van der Waals surface area (Å²) in [6.45, 7) is 1.64. The molecule has 2 heterocycles. The Morgan fingerprint density at radius 1 is 1.29 bits per heavy atom. The molecule has 0 amide bonds. The van der Waals surface area contributed by atoms with E-state index in [0.29, 0.717) is 5.82 Å². The molecule has 0 fully saturated rings. The molecular formula is C15H11N3O6. The fraction of sp³-hybridized carbons (Fsp3) is 0.133. The number of aromatic nitrogens is 2. The topological polar surface area (TPSA) is 122 Å². The lowest BCUT2D eigenvalue weighted by Crippen LogP contribution is -2.04. The van der Waals surface area contributed by atoms with Gasteiger partial charge in [-0.3, -0.25) is 10.1 Å². The summed E-state index contributed by atoms with van der Waals surface area (Å²) in [5.74, 6) is -1.20. The lowest BCUT2D eigenvalue weighted by Gasteiger charge is -1.98. The first-order valence-electron chi connectivity index (χ1n) is 6.84. The van der Waals surface area contributed by atoms with E-state index >= 15 is 0 Å². The highest BCUT2D eigenvalue weighted by atomic mass is 16.7. The maximum absolute atomic E-state index is 11.8. The van der Waals surface area contributed by atoms with Gasteiger partial charge < -0.3 is 13.7 Å². The predicted molar refractivity (Wildman–Crippen MR) is 79.0 cm³/mol.